The van der Waals surface area contributed by atoms with E-state index in [1.165, 1.54) is 0 Å². The van der Waals surface area contributed by atoms with E-state index < -0.39 is 0 Å². The Kier molecular flexibility index (Phi) is 6.72. The highest BCUT2D eigenvalue weighted by atomic mass is 35.5. The van der Waals surface area contributed by atoms with Gasteiger partial charge >= 0.3 is 0 Å². The van der Waals surface area contributed by atoms with Crippen LogP contribution in [0.5, 0.6) is 0 Å². The van der Waals surface area contributed by atoms with E-state index in [9.17, 15) is 9.59 Å². The Labute approximate surface area is 147 Å². The summed E-state index contributed by atoms with van der Waals surface area (Å²) >= 11 is 12.0. The monoisotopic (exact) mass is 356 g/mol. The molecule has 23 heavy (non-hydrogen) atoms. The third-order valence-corrected chi connectivity index (χ3v) is 4.82. The Morgan fingerprint density at radius 3 is 2.57 bits per heavy atom. The molecule has 126 valence electrons. The van der Waals surface area contributed by atoms with Crippen molar-refractivity contribution < 1.29 is 9.59 Å². The lowest BCUT2D eigenvalue weighted by molar-refractivity contribution is -0.135. The first-order valence-electron chi connectivity index (χ1n) is 8.00. The zero-order valence-corrected chi connectivity index (χ0v) is 14.8. The van der Waals surface area contributed by atoms with Crippen LogP contribution in [0.1, 0.15) is 31.7 Å². The first kappa shape index (κ1) is 18.1. The number of hydrogen-bond donors (Lipinski definition) is 1. The van der Waals surface area contributed by atoms with Gasteiger partial charge in [-0.2, -0.15) is 0 Å². The number of benzene rings is 1. The van der Waals surface area contributed by atoms with Crippen LogP contribution in [0.4, 0.5) is 0 Å². The Hall–Kier alpha value is -1.26. The third kappa shape index (κ3) is 5.11. The average Bonchev–Trinajstić information content (AvgIpc) is 2.56. The minimum absolute atomic E-state index is 0.00315. The number of hydrogen-bond acceptors (Lipinski definition) is 2. The molecule has 4 nitrogen and oxygen atoms in total. The van der Waals surface area contributed by atoms with Crippen molar-refractivity contribution in [1.29, 1.82) is 0 Å². The molecule has 1 aromatic rings. The van der Waals surface area contributed by atoms with Crippen LogP contribution in [-0.2, 0) is 16.0 Å². The Morgan fingerprint density at radius 2 is 1.96 bits per heavy atom. The molecule has 6 heteroatoms. The topological polar surface area (TPSA) is 49.4 Å². The SMILES string of the molecule is CCC(=O)N1CCC(C(=O)NCCc2ccc(Cl)cc2Cl)CC1. The second-order valence-electron chi connectivity index (χ2n) is 5.79. The molecular weight excluding hydrogens is 335 g/mol. The maximum absolute atomic E-state index is 12.2. The molecule has 1 aliphatic heterocycles. The van der Waals surface area contributed by atoms with Gasteiger partial charge in [0, 0.05) is 42.0 Å². The van der Waals surface area contributed by atoms with E-state index in [0.29, 0.717) is 42.5 Å². The van der Waals surface area contributed by atoms with Gasteiger partial charge in [0.05, 0.1) is 0 Å². The minimum atomic E-state index is -0.00315. The van der Waals surface area contributed by atoms with Crippen LogP contribution in [0, 0.1) is 5.92 Å². The van der Waals surface area contributed by atoms with Gasteiger partial charge in [-0.3, -0.25) is 9.59 Å². The number of nitrogens with zero attached hydrogens (tertiary/aromatic N) is 1. The molecule has 0 unspecified atom stereocenters. The second kappa shape index (κ2) is 8.55. The van der Waals surface area contributed by atoms with Crippen LogP contribution in [0.3, 0.4) is 0 Å². The van der Waals surface area contributed by atoms with Crippen LogP contribution in [0.2, 0.25) is 10.0 Å². The fraction of sp³-hybridized carbons (Fsp3) is 0.529. The standard InChI is InChI=1S/C17H22Cl2N2O2/c1-2-16(22)21-9-6-13(7-10-21)17(23)20-8-5-12-3-4-14(18)11-15(12)19/h3-4,11,13H,2,5-10H2,1H3,(H,20,23). The first-order valence-corrected chi connectivity index (χ1v) is 8.76. The molecule has 2 rings (SSSR count). The van der Waals surface area contributed by atoms with Crippen molar-refractivity contribution in [2.75, 3.05) is 19.6 Å². The van der Waals surface area contributed by atoms with Gasteiger partial charge in [0.1, 0.15) is 0 Å². The lowest BCUT2D eigenvalue weighted by atomic mass is 9.95. The smallest absolute Gasteiger partial charge is 0.223 e. The molecule has 0 aliphatic carbocycles. The number of rotatable bonds is 5. The summed E-state index contributed by atoms with van der Waals surface area (Å²) in [5.74, 6) is 0.233. The predicted octanol–water partition coefficient (Wildman–Crippen LogP) is 3.30. The highest BCUT2D eigenvalue weighted by Crippen LogP contribution is 2.21. The molecule has 1 saturated heterocycles. The van der Waals surface area contributed by atoms with Gasteiger partial charge in [-0.25, -0.2) is 0 Å². The lowest BCUT2D eigenvalue weighted by Gasteiger charge is -2.31. The quantitative estimate of drug-likeness (QED) is 0.879. The van der Waals surface area contributed by atoms with Crippen molar-refractivity contribution in [3.63, 3.8) is 0 Å². The summed E-state index contributed by atoms with van der Waals surface area (Å²) in [6, 6.07) is 5.39. The fourth-order valence-electron chi connectivity index (χ4n) is 2.80. The van der Waals surface area contributed by atoms with Gasteiger partial charge in [0.2, 0.25) is 11.8 Å². The molecule has 1 heterocycles. The summed E-state index contributed by atoms with van der Waals surface area (Å²) in [5, 5.41) is 4.20. The lowest BCUT2D eigenvalue weighted by Crippen LogP contribution is -2.43. The van der Waals surface area contributed by atoms with Crippen molar-refractivity contribution in [3.8, 4) is 0 Å². The van der Waals surface area contributed by atoms with Crippen molar-refractivity contribution in [2.45, 2.75) is 32.6 Å². The molecule has 0 saturated carbocycles. The van der Waals surface area contributed by atoms with Gasteiger partial charge in [0.15, 0.2) is 0 Å². The van der Waals surface area contributed by atoms with Crippen molar-refractivity contribution in [3.05, 3.63) is 33.8 Å². The molecule has 1 N–H and O–H groups in total. The van der Waals surface area contributed by atoms with Gasteiger partial charge in [0.25, 0.3) is 0 Å². The number of amides is 2. The summed E-state index contributed by atoms with van der Waals surface area (Å²) in [5.41, 5.74) is 0.972. The highest BCUT2D eigenvalue weighted by Gasteiger charge is 2.26. The van der Waals surface area contributed by atoms with E-state index in [-0.39, 0.29) is 17.7 Å². The number of halogens is 2. The summed E-state index contributed by atoms with van der Waals surface area (Å²) < 4.78 is 0. The van der Waals surface area contributed by atoms with Gasteiger partial charge < -0.3 is 10.2 Å². The number of nitrogens with one attached hydrogen (secondary N) is 1. The second-order valence-corrected chi connectivity index (χ2v) is 6.63. The molecule has 2 amide bonds. The molecule has 1 fully saturated rings. The fourth-order valence-corrected chi connectivity index (χ4v) is 3.31. The average molecular weight is 357 g/mol. The van der Waals surface area contributed by atoms with E-state index in [1.807, 2.05) is 17.9 Å². The predicted molar refractivity (Wildman–Crippen MR) is 92.8 cm³/mol. The number of carbonyl (C=O) groups is 2. The Bertz CT molecular complexity index is 570. The van der Waals surface area contributed by atoms with Gasteiger partial charge in [-0.05, 0) is 37.0 Å². The van der Waals surface area contributed by atoms with Gasteiger partial charge in [-0.15, -0.1) is 0 Å². The number of piperidine rings is 1. The molecule has 0 bridgehead atoms. The molecule has 0 atom stereocenters. The van der Waals surface area contributed by atoms with Crippen LogP contribution in [-0.4, -0.2) is 36.3 Å². The van der Waals surface area contributed by atoms with Crippen LogP contribution < -0.4 is 5.32 Å². The van der Waals surface area contributed by atoms with E-state index in [0.717, 1.165) is 18.4 Å². The van der Waals surface area contributed by atoms with Crippen LogP contribution in [0.15, 0.2) is 18.2 Å². The molecule has 1 aromatic carbocycles. The minimum Gasteiger partial charge on any atom is -0.356 e. The van der Waals surface area contributed by atoms with Gasteiger partial charge in [-0.1, -0.05) is 36.2 Å². The molecule has 0 aromatic heterocycles. The van der Waals surface area contributed by atoms with Crippen LogP contribution >= 0.6 is 23.2 Å². The van der Waals surface area contributed by atoms with Crippen molar-refractivity contribution >= 4 is 35.0 Å². The maximum atomic E-state index is 12.2. The van der Waals surface area contributed by atoms with E-state index >= 15 is 0 Å². The maximum Gasteiger partial charge on any atom is 0.223 e. The zero-order valence-electron chi connectivity index (χ0n) is 13.3. The zero-order chi connectivity index (χ0) is 16.8. The van der Waals surface area contributed by atoms with Crippen LogP contribution in [0.25, 0.3) is 0 Å². The van der Waals surface area contributed by atoms with E-state index in [4.69, 9.17) is 23.2 Å². The Morgan fingerprint density at radius 1 is 1.26 bits per heavy atom. The Balaban J connectivity index is 1.74. The summed E-state index contributed by atoms with van der Waals surface area (Å²) in [7, 11) is 0. The molecule has 1 aliphatic rings. The van der Waals surface area contributed by atoms with E-state index in [2.05, 4.69) is 5.32 Å². The molecule has 0 spiro atoms. The van der Waals surface area contributed by atoms with Crippen molar-refractivity contribution in [2.24, 2.45) is 5.92 Å². The summed E-state index contributed by atoms with van der Waals surface area (Å²) in [4.78, 5) is 25.7. The highest BCUT2D eigenvalue weighted by molar-refractivity contribution is 6.35. The number of carbonyl (C=O) groups excluding carboxylic acids is 2. The summed E-state index contributed by atoms with van der Waals surface area (Å²) in [6.45, 7) is 3.76. The first-order chi connectivity index (χ1) is 11.0. The third-order valence-electron chi connectivity index (χ3n) is 4.23. The molecular formula is C17H22Cl2N2O2. The van der Waals surface area contributed by atoms with Crippen molar-refractivity contribution in [1.82, 2.24) is 10.2 Å². The number of likely N-dealkylation sites (tertiary alicyclic amines) is 1. The van der Waals surface area contributed by atoms with E-state index in [1.54, 1.807) is 12.1 Å². The molecule has 0 radical (unpaired) electrons. The normalized spacial score (nSPS) is 15.5. The largest absolute Gasteiger partial charge is 0.356 e. The summed E-state index contributed by atoms with van der Waals surface area (Å²) in [6.07, 6.45) is 2.67.